The molecule has 0 aromatic carbocycles. The summed E-state index contributed by atoms with van der Waals surface area (Å²) in [6.07, 6.45) is 3.00. The summed E-state index contributed by atoms with van der Waals surface area (Å²) >= 11 is 3.57. The first-order valence-electron chi connectivity index (χ1n) is 9.70. The van der Waals surface area contributed by atoms with Gasteiger partial charge in [0, 0.05) is 60.4 Å². The van der Waals surface area contributed by atoms with Crippen LogP contribution in [0.2, 0.25) is 0 Å². The summed E-state index contributed by atoms with van der Waals surface area (Å²) in [6, 6.07) is 0.428. The first-order valence-corrected chi connectivity index (χ1v) is 11.8. The standard InChI is InChI=1S/C19H27N5OS2/c1-3-24-17-5-4-15(22(2)11-14-12-27-13-20-14)10-16(17)18(21-24)19(25)23-6-8-26-9-7-23/h12-13,15H,3-11H2,1-2H3/t15-/m1/s1. The van der Waals surface area contributed by atoms with Gasteiger partial charge < -0.3 is 4.90 Å². The fourth-order valence-corrected chi connectivity index (χ4v) is 5.55. The van der Waals surface area contributed by atoms with Gasteiger partial charge in [0.15, 0.2) is 5.69 Å². The topological polar surface area (TPSA) is 54.3 Å². The zero-order chi connectivity index (χ0) is 18.8. The summed E-state index contributed by atoms with van der Waals surface area (Å²) < 4.78 is 2.05. The smallest absolute Gasteiger partial charge is 0.274 e. The van der Waals surface area contributed by atoms with Crippen molar-refractivity contribution in [1.29, 1.82) is 0 Å². The Labute approximate surface area is 168 Å². The molecular formula is C19H27N5OS2. The summed E-state index contributed by atoms with van der Waals surface area (Å²) in [5.41, 5.74) is 6.17. The normalized spacial score (nSPS) is 20.1. The predicted octanol–water partition coefficient (Wildman–Crippen LogP) is 2.54. The zero-order valence-corrected chi connectivity index (χ0v) is 17.7. The van der Waals surface area contributed by atoms with Crippen molar-refractivity contribution < 1.29 is 4.79 Å². The van der Waals surface area contributed by atoms with Crippen LogP contribution in [0.3, 0.4) is 0 Å². The van der Waals surface area contributed by atoms with Crippen molar-refractivity contribution >= 4 is 29.0 Å². The van der Waals surface area contributed by atoms with Crippen LogP contribution in [-0.2, 0) is 25.9 Å². The van der Waals surface area contributed by atoms with Crippen LogP contribution in [0.1, 0.15) is 40.8 Å². The third-order valence-corrected chi connectivity index (χ3v) is 7.22. The minimum absolute atomic E-state index is 0.126. The molecule has 2 aromatic rings. The molecule has 8 heteroatoms. The monoisotopic (exact) mass is 405 g/mol. The second-order valence-corrected chi connectivity index (χ2v) is 9.23. The lowest BCUT2D eigenvalue weighted by molar-refractivity contribution is 0.0763. The van der Waals surface area contributed by atoms with E-state index in [1.807, 2.05) is 22.2 Å². The van der Waals surface area contributed by atoms with Crippen LogP contribution in [0.15, 0.2) is 10.9 Å². The van der Waals surface area contributed by atoms with Gasteiger partial charge in [0.1, 0.15) is 0 Å². The van der Waals surface area contributed by atoms with E-state index < -0.39 is 0 Å². The number of aryl methyl sites for hydroxylation is 1. The molecular weight excluding hydrogens is 378 g/mol. The van der Waals surface area contributed by atoms with E-state index in [1.54, 1.807) is 11.3 Å². The number of aromatic nitrogens is 3. The highest BCUT2D eigenvalue weighted by Gasteiger charge is 2.32. The number of rotatable bonds is 5. The molecule has 1 aliphatic heterocycles. The molecule has 146 valence electrons. The lowest BCUT2D eigenvalue weighted by Crippen LogP contribution is -2.40. The van der Waals surface area contributed by atoms with Gasteiger partial charge in [-0.05, 0) is 33.2 Å². The molecule has 27 heavy (non-hydrogen) atoms. The number of likely N-dealkylation sites (N-methyl/N-ethyl adjacent to an activating group) is 1. The number of nitrogens with zero attached hydrogens (tertiary/aromatic N) is 5. The highest BCUT2D eigenvalue weighted by atomic mass is 32.2. The van der Waals surface area contributed by atoms with Crippen molar-refractivity contribution in [1.82, 2.24) is 24.6 Å². The highest BCUT2D eigenvalue weighted by Crippen LogP contribution is 2.29. The first kappa shape index (κ1) is 19.0. The van der Waals surface area contributed by atoms with E-state index in [4.69, 9.17) is 5.10 Å². The number of hydrogen-bond donors (Lipinski definition) is 0. The van der Waals surface area contributed by atoms with E-state index in [2.05, 4.69) is 33.9 Å². The van der Waals surface area contributed by atoms with E-state index in [0.29, 0.717) is 11.7 Å². The van der Waals surface area contributed by atoms with E-state index >= 15 is 0 Å². The zero-order valence-electron chi connectivity index (χ0n) is 16.1. The highest BCUT2D eigenvalue weighted by molar-refractivity contribution is 7.99. The Morgan fingerprint density at radius 1 is 1.37 bits per heavy atom. The van der Waals surface area contributed by atoms with Crippen LogP contribution in [0.5, 0.6) is 0 Å². The number of thioether (sulfide) groups is 1. The third kappa shape index (κ3) is 3.93. The Hall–Kier alpha value is -1.38. The summed E-state index contributed by atoms with van der Waals surface area (Å²) in [5, 5.41) is 6.86. The van der Waals surface area contributed by atoms with Crippen molar-refractivity contribution in [3.8, 4) is 0 Å². The number of thiazole rings is 1. The average Bonchev–Trinajstić information content (AvgIpc) is 3.35. The van der Waals surface area contributed by atoms with Crippen molar-refractivity contribution in [2.75, 3.05) is 31.6 Å². The fourth-order valence-electron chi connectivity index (χ4n) is 4.10. The molecule has 0 spiro atoms. The van der Waals surface area contributed by atoms with Gasteiger partial charge in [0.2, 0.25) is 0 Å². The molecule has 0 unspecified atom stereocenters. The molecule has 6 nitrogen and oxygen atoms in total. The first-order chi connectivity index (χ1) is 13.2. The van der Waals surface area contributed by atoms with Crippen molar-refractivity contribution in [2.24, 2.45) is 0 Å². The molecule has 4 rings (SSSR count). The van der Waals surface area contributed by atoms with Crippen LogP contribution in [0.25, 0.3) is 0 Å². The van der Waals surface area contributed by atoms with Gasteiger partial charge in [0.05, 0.1) is 11.2 Å². The molecule has 1 aliphatic carbocycles. The molecule has 0 N–H and O–H groups in total. The Morgan fingerprint density at radius 2 is 2.19 bits per heavy atom. The largest absolute Gasteiger partial charge is 0.336 e. The minimum atomic E-state index is 0.126. The van der Waals surface area contributed by atoms with Crippen LogP contribution >= 0.6 is 23.1 Å². The summed E-state index contributed by atoms with van der Waals surface area (Å²) in [6.45, 7) is 5.47. The van der Waals surface area contributed by atoms with Crippen LogP contribution in [0.4, 0.5) is 0 Å². The second kappa shape index (κ2) is 8.32. The molecule has 0 bridgehead atoms. The number of carbonyl (C=O) groups excluding carboxylic acids is 1. The van der Waals surface area contributed by atoms with Crippen molar-refractivity contribution in [2.45, 2.75) is 45.3 Å². The summed E-state index contributed by atoms with van der Waals surface area (Å²) in [7, 11) is 2.17. The lowest BCUT2D eigenvalue weighted by atomic mass is 9.90. The average molecular weight is 406 g/mol. The molecule has 0 saturated carbocycles. The maximum atomic E-state index is 13.2. The maximum absolute atomic E-state index is 13.2. The maximum Gasteiger partial charge on any atom is 0.274 e. The molecule has 1 saturated heterocycles. The Morgan fingerprint density at radius 3 is 2.89 bits per heavy atom. The summed E-state index contributed by atoms with van der Waals surface area (Å²) in [4.78, 5) is 21.9. The summed E-state index contributed by atoms with van der Waals surface area (Å²) in [5.74, 6) is 2.18. The van der Waals surface area contributed by atoms with E-state index in [0.717, 1.165) is 62.6 Å². The van der Waals surface area contributed by atoms with Gasteiger partial charge in [-0.1, -0.05) is 0 Å². The van der Waals surface area contributed by atoms with E-state index in [-0.39, 0.29) is 5.91 Å². The fraction of sp³-hybridized carbons (Fsp3) is 0.632. The predicted molar refractivity (Wildman–Crippen MR) is 111 cm³/mol. The van der Waals surface area contributed by atoms with Gasteiger partial charge in [-0.15, -0.1) is 11.3 Å². The molecule has 0 radical (unpaired) electrons. The molecule has 1 fully saturated rings. The van der Waals surface area contributed by atoms with E-state index in [9.17, 15) is 4.79 Å². The number of hydrogen-bond acceptors (Lipinski definition) is 6. The van der Waals surface area contributed by atoms with Gasteiger partial charge >= 0.3 is 0 Å². The van der Waals surface area contributed by atoms with Gasteiger partial charge in [-0.3, -0.25) is 14.4 Å². The number of fused-ring (bicyclic) bond motifs is 1. The van der Waals surface area contributed by atoms with Crippen molar-refractivity contribution in [3.05, 3.63) is 33.5 Å². The second-order valence-electron chi connectivity index (χ2n) is 7.29. The van der Waals surface area contributed by atoms with E-state index in [1.165, 1.54) is 11.3 Å². The lowest BCUT2D eigenvalue weighted by Gasteiger charge is -2.32. The quantitative estimate of drug-likeness (QED) is 0.765. The molecule has 2 aliphatic rings. The molecule has 3 heterocycles. The van der Waals surface area contributed by atoms with Gasteiger partial charge in [0.25, 0.3) is 5.91 Å². The van der Waals surface area contributed by atoms with Gasteiger partial charge in [-0.25, -0.2) is 4.98 Å². The van der Waals surface area contributed by atoms with Crippen LogP contribution in [-0.4, -0.2) is 68.2 Å². The minimum Gasteiger partial charge on any atom is -0.336 e. The molecule has 1 amide bonds. The molecule has 2 aromatic heterocycles. The van der Waals surface area contributed by atoms with Crippen LogP contribution < -0.4 is 0 Å². The van der Waals surface area contributed by atoms with Crippen LogP contribution in [0, 0.1) is 0 Å². The van der Waals surface area contributed by atoms with Gasteiger partial charge in [-0.2, -0.15) is 16.9 Å². The Bertz CT molecular complexity index is 782. The third-order valence-electron chi connectivity index (χ3n) is 5.64. The number of amides is 1. The van der Waals surface area contributed by atoms with Crippen molar-refractivity contribution in [3.63, 3.8) is 0 Å². The number of carbonyl (C=O) groups is 1. The Kier molecular flexibility index (Phi) is 5.85. The molecule has 1 atom stereocenters. The Balaban J connectivity index is 1.55. The SMILES string of the molecule is CCn1nc(C(=O)N2CCSCC2)c2c1CC[C@@H](N(C)Cc1cscn1)C2.